The Bertz CT molecular complexity index is 801. The number of urea groups is 1. The summed E-state index contributed by atoms with van der Waals surface area (Å²) in [6, 6.07) is 5.03. The number of carbonyl (C=O) groups is 3. The molecule has 1 atom stereocenters. The zero-order valence-electron chi connectivity index (χ0n) is 15.6. The van der Waals surface area contributed by atoms with E-state index in [0.717, 1.165) is 0 Å². The molecule has 3 N–H and O–H groups in total. The highest BCUT2D eigenvalue weighted by molar-refractivity contribution is 5.96. The number of nitrogens with zero attached hydrogens (tertiary/aromatic N) is 1. The van der Waals surface area contributed by atoms with Crippen LogP contribution in [0.5, 0.6) is 5.75 Å². The fourth-order valence-electron chi connectivity index (χ4n) is 3.20. The predicted octanol–water partition coefficient (Wildman–Crippen LogP) is 0.812. The van der Waals surface area contributed by atoms with Crippen LogP contribution >= 0.6 is 0 Å². The van der Waals surface area contributed by atoms with Crippen LogP contribution < -0.4 is 10.6 Å². The number of phenolic OH excluding ortho intramolecular Hbond substituents is 1. The van der Waals surface area contributed by atoms with Crippen molar-refractivity contribution in [1.82, 2.24) is 15.5 Å². The van der Waals surface area contributed by atoms with Crippen LogP contribution in [0.25, 0.3) is 0 Å². The Kier molecular flexibility index (Phi) is 6.15. The van der Waals surface area contributed by atoms with Crippen LogP contribution in [-0.4, -0.2) is 60.8 Å². The molecule has 1 aromatic rings. The summed E-state index contributed by atoms with van der Waals surface area (Å²) in [6.45, 7) is 3.25. The topological polar surface area (TPSA) is 117 Å². The number of nitrogens with one attached hydrogen (secondary N) is 2. The SMILES string of the molecule is CCC1=C(C(=O)OCC(=O)N2CCOCC2)C(c2cccc(O)c2)NC(=O)N1. The third-order valence-corrected chi connectivity index (χ3v) is 4.62. The Labute approximate surface area is 162 Å². The zero-order valence-corrected chi connectivity index (χ0v) is 15.6. The molecular formula is C19H23N3O6. The van der Waals surface area contributed by atoms with Crippen molar-refractivity contribution in [3.8, 4) is 5.75 Å². The van der Waals surface area contributed by atoms with Gasteiger partial charge in [0.05, 0.1) is 24.8 Å². The molecule has 2 heterocycles. The summed E-state index contributed by atoms with van der Waals surface area (Å²) in [6.07, 6.45) is 0.393. The standard InChI is InChI=1S/C19H23N3O6/c1-2-14-16(18(25)28-11-15(24)22-6-8-27-9-7-22)17(21-19(26)20-14)12-4-3-5-13(23)10-12/h3-5,10,17,23H,2,6-9,11H2,1H3,(H2,20,21,26). The highest BCUT2D eigenvalue weighted by atomic mass is 16.5. The number of benzene rings is 1. The molecule has 2 aliphatic rings. The molecule has 9 nitrogen and oxygen atoms in total. The highest BCUT2D eigenvalue weighted by Crippen LogP contribution is 2.30. The summed E-state index contributed by atoms with van der Waals surface area (Å²) >= 11 is 0. The van der Waals surface area contributed by atoms with Gasteiger partial charge in [0.1, 0.15) is 5.75 Å². The van der Waals surface area contributed by atoms with Crippen molar-refractivity contribution < 1.29 is 29.0 Å². The number of allylic oxidation sites excluding steroid dienone is 1. The van der Waals surface area contributed by atoms with Crippen molar-refractivity contribution >= 4 is 17.9 Å². The van der Waals surface area contributed by atoms with E-state index in [-0.39, 0.29) is 23.8 Å². The van der Waals surface area contributed by atoms with Crippen LogP contribution in [-0.2, 0) is 19.1 Å². The summed E-state index contributed by atoms with van der Waals surface area (Å²) in [7, 11) is 0. The molecule has 9 heteroatoms. The lowest BCUT2D eigenvalue weighted by atomic mass is 9.94. The summed E-state index contributed by atoms with van der Waals surface area (Å²) in [5.74, 6) is -0.977. The Morgan fingerprint density at radius 1 is 1.32 bits per heavy atom. The molecule has 1 saturated heterocycles. The van der Waals surface area contributed by atoms with Crippen molar-refractivity contribution in [1.29, 1.82) is 0 Å². The average molecular weight is 389 g/mol. The van der Waals surface area contributed by atoms with E-state index in [0.29, 0.717) is 44.0 Å². The smallest absolute Gasteiger partial charge is 0.338 e. The maximum Gasteiger partial charge on any atom is 0.338 e. The minimum atomic E-state index is -0.790. The number of hydrogen-bond donors (Lipinski definition) is 3. The molecule has 1 aromatic carbocycles. The minimum Gasteiger partial charge on any atom is -0.508 e. The number of rotatable bonds is 5. The Morgan fingerprint density at radius 2 is 2.07 bits per heavy atom. The molecule has 1 unspecified atom stereocenters. The maximum atomic E-state index is 12.8. The normalized spacial score (nSPS) is 19.7. The zero-order chi connectivity index (χ0) is 20.1. The quantitative estimate of drug-likeness (QED) is 0.642. The van der Waals surface area contributed by atoms with E-state index in [9.17, 15) is 19.5 Å². The van der Waals surface area contributed by atoms with Gasteiger partial charge >= 0.3 is 12.0 Å². The first-order valence-electron chi connectivity index (χ1n) is 9.11. The van der Waals surface area contributed by atoms with Crippen molar-refractivity contribution in [2.75, 3.05) is 32.9 Å². The van der Waals surface area contributed by atoms with Gasteiger partial charge in [-0.25, -0.2) is 9.59 Å². The van der Waals surface area contributed by atoms with Gasteiger partial charge in [0.25, 0.3) is 5.91 Å². The molecule has 0 spiro atoms. The highest BCUT2D eigenvalue weighted by Gasteiger charge is 2.33. The van der Waals surface area contributed by atoms with E-state index in [4.69, 9.17) is 9.47 Å². The van der Waals surface area contributed by atoms with Gasteiger partial charge in [0.2, 0.25) is 0 Å². The molecule has 0 aliphatic carbocycles. The van der Waals surface area contributed by atoms with Gasteiger partial charge in [-0.15, -0.1) is 0 Å². The monoisotopic (exact) mass is 389 g/mol. The molecule has 3 rings (SSSR count). The first-order valence-corrected chi connectivity index (χ1v) is 9.11. The molecule has 0 bridgehead atoms. The lowest BCUT2D eigenvalue weighted by molar-refractivity contribution is -0.151. The average Bonchev–Trinajstić information content (AvgIpc) is 2.71. The number of esters is 1. The summed E-state index contributed by atoms with van der Waals surface area (Å²) in [4.78, 5) is 38.6. The van der Waals surface area contributed by atoms with Gasteiger partial charge < -0.3 is 30.1 Å². The van der Waals surface area contributed by atoms with Gasteiger partial charge in [0, 0.05) is 18.8 Å². The summed E-state index contributed by atoms with van der Waals surface area (Å²) in [5.41, 5.74) is 1.16. The van der Waals surface area contributed by atoms with Crippen LogP contribution in [0.4, 0.5) is 4.79 Å². The third kappa shape index (κ3) is 4.42. The number of phenols is 1. The molecule has 150 valence electrons. The number of hydrogen-bond acceptors (Lipinski definition) is 6. The molecular weight excluding hydrogens is 366 g/mol. The second kappa shape index (κ2) is 8.75. The Balaban J connectivity index is 1.79. The molecule has 2 aliphatic heterocycles. The molecule has 3 amide bonds. The van der Waals surface area contributed by atoms with Gasteiger partial charge in [0.15, 0.2) is 6.61 Å². The van der Waals surface area contributed by atoms with Gasteiger partial charge in [-0.2, -0.15) is 0 Å². The molecule has 0 radical (unpaired) electrons. The summed E-state index contributed by atoms with van der Waals surface area (Å²) < 4.78 is 10.5. The maximum absolute atomic E-state index is 12.8. The number of morpholine rings is 1. The van der Waals surface area contributed by atoms with Crippen LogP contribution in [0, 0.1) is 0 Å². The number of carbonyl (C=O) groups excluding carboxylic acids is 3. The van der Waals surface area contributed by atoms with Crippen molar-refractivity contribution in [2.45, 2.75) is 19.4 Å². The Hall–Kier alpha value is -3.07. The molecule has 28 heavy (non-hydrogen) atoms. The lowest BCUT2D eigenvalue weighted by Gasteiger charge is -2.30. The van der Waals surface area contributed by atoms with E-state index < -0.39 is 18.0 Å². The van der Waals surface area contributed by atoms with Crippen molar-refractivity contribution in [3.05, 3.63) is 41.1 Å². The van der Waals surface area contributed by atoms with Crippen LogP contribution in [0.1, 0.15) is 24.9 Å². The fraction of sp³-hybridized carbons (Fsp3) is 0.421. The van der Waals surface area contributed by atoms with Crippen molar-refractivity contribution in [2.24, 2.45) is 0 Å². The third-order valence-electron chi connectivity index (χ3n) is 4.62. The van der Waals surface area contributed by atoms with E-state index in [1.54, 1.807) is 24.0 Å². The van der Waals surface area contributed by atoms with Crippen molar-refractivity contribution in [3.63, 3.8) is 0 Å². The van der Waals surface area contributed by atoms with E-state index in [2.05, 4.69) is 10.6 Å². The number of aromatic hydroxyl groups is 1. The second-order valence-corrected chi connectivity index (χ2v) is 6.44. The van der Waals surface area contributed by atoms with Gasteiger partial charge in [-0.1, -0.05) is 19.1 Å². The van der Waals surface area contributed by atoms with E-state index in [1.165, 1.54) is 12.1 Å². The van der Waals surface area contributed by atoms with Crippen LogP contribution in [0.3, 0.4) is 0 Å². The van der Waals surface area contributed by atoms with E-state index in [1.807, 2.05) is 0 Å². The second-order valence-electron chi connectivity index (χ2n) is 6.44. The van der Waals surface area contributed by atoms with Crippen LogP contribution in [0.15, 0.2) is 35.5 Å². The summed E-state index contributed by atoms with van der Waals surface area (Å²) in [5, 5.41) is 15.0. The van der Waals surface area contributed by atoms with Gasteiger partial charge in [-0.05, 0) is 24.1 Å². The first-order chi connectivity index (χ1) is 13.5. The van der Waals surface area contributed by atoms with Crippen LogP contribution in [0.2, 0.25) is 0 Å². The van der Waals surface area contributed by atoms with Gasteiger partial charge in [-0.3, -0.25) is 4.79 Å². The number of ether oxygens (including phenoxy) is 2. The number of amides is 3. The fourth-order valence-corrected chi connectivity index (χ4v) is 3.20. The van der Waals surface area contributed by atoms with E-state index >= 15 is 0 Å². The Morgan fingerprint density at radius 3 is 2.75 bits per heavy atom. The minimum absolute atomic E-state index is 0.0125. The molecule has 0 aromatic heterocycles. The predicted molar refractivity (Wildman–Crippen MR) is 98.2 cm³/mol. The first kappa shape index (κ1) is 19.7. The largest absolute Gasteiger partial charge is 0.508 e. The molecule has 0 saturated carbocycles. The lowest BCUT2D eigenvalue weighted by Crippen LogP contribution is -2.46. The molecule has 1 fully saturated rings.